The molecular formula is C15H15FN2O3. The monoisotopic (exact) mass is 290 g/mol. The van der Waals surface area contributed by atoms with E-state index in [9.17, 15) is 9.18 Å². The van der Waals surface area contributed by atoms with Gasteiger partial charge in [-0.1, -0.05) is 5.16 Å². The number of carbonyl (C=O) groups is 1. The van der Waals surface area contributed by atoms with Crippen molar-refractivity contribution in [1.29, 1.82) is 0 Å². The first-order valence-corrected chi connectivity index (χ1v) is 6.87. The van der Waals surface area contributed by atoms with Gasteiger partial charge in [-0.2, -0.15) is 4.98 Å². The molecule has 1 aromatic carbocycles. The second-order valence-electron chi connectivity index (χ2n) is 5.47. The summed E-state index contributed by atoms with van der Waals surface area (Å²) in [6.45, 7) is 1.67. The number of aliphatic carboxylic acids is 1. The molecule has 0 saturated heterocycles. The average molecular weight is 290 g/mol. The molecule has 0 aliphatic heterocycles. The molecule has 0 spiro atoms. The van der Waals surface area contributed by atoms with E-state index >= 15 is 0 Å². The first kappa shape index (κ1) is 13.7. The summed E-state index contributed by atoms with van der Waals surface area (Å²) in [4.78, 5) is 15.3. The van der Waals surface area contributed by atoms with Gasteiger partial charge in [-0.15, -0.1) is 0 Å². The van der Waals surface area contributed by atoms with Gasteiger partial charge in [-0.25, -0.2) is 4.39 Å². The fourth-order valence-electron chi connectivity index (χ4n) is 2.73. The van der Waals surface area contributed by atoms with Gasteiger partial charge in [0.1, 0.15) is 5.82 Å². The van der Waals surface area contributed by atoms with Crippen LogP contribution in [0.2, 0.25) is 0 Å². The lowest BCUT2D eigenvalue weighted by molar-refractivity contribution is -0.141. The Kier molecular flexibility index (Phi) is 3.45. The number of carboxylic acids is 1. The zero-order chi connectivity index (χ0) is 15.0. The van der Waals surface area contributed by atoms with E-state index in [1.807, 2.05) is 0 Å². The third-order valence-corrected chi connectivity index (χ3v) is 3.99. The smallest absolute Gasteiger partial charge is 0.306 e. The molecule has 1 fully saturated rings. The van der Waals surface area contributed by atoms with E-state index in [0.717, 1.165) is 6.42 Å². The molecule has 3 rings (SSSR count). The minimum Gasteiger partial charge on any atom is -0.481 e. The number of carboxylic acid groups (broad SMARTS) is 1. The number of hydrogen-bond donors (Lipinski definition) is 1. The maximum atomic E-state index is 13.3. The second kappa shape index (κ2) is 5.27. The molecule has 1 heterocycles. The van der Waals surface area contributed by atoms with Crippen molar-refractivity contribution in [2.75, 3.05) is 0 Å². The summed E-state index contributed by atoms with van der Waals surface area (Å²) < 4.78 is 18.5. The van der Waals surface area contributed by atoms with Crippen molar-refractivity contribution in [2.24, 2.45) is 5.92 Å². The maximum Gasteiger partial charge on any atom is 0.306 e. The van der Waals surface area contributed by atoms with Crippen molar-refractivity contribution < 1.29 is 18.8 Å². The Bertz CT molecular complexity index is 683. The highest BCUT2D eigenvalue weighted by Gasteiger charge is 2.33. The van der Waals surface area contributed by atoms with Gasteiger partial charge in [-0.05, 0) is 49.9 Å². The Morgan fingerprint density at radius 1 is 1.43 bits per heavy atom. The molecule has 110 valence electrons. The first-order valence-electron chi connectivity index (χ1n) is 6.87. The normalized spacial score (nSPS) is 21.6. The van der Waals surface area contributed by atoms with Gasteiger partial charge in [0.25, 0.3) is 0 Å². The van der Waals surface area contributed by atoms with Crippen LogP contribution in [0.25, 0.3) is 11.4 Å². The van der Waals surface area contributed by atoms with Crippen LogP contribution in [0.4, 0.5) is 4.39 Å². The summed E-state index contributed by atoms with van der Waals surface area (Å²) in [6, 6.07) is 4.64. The number of nitrogens with zero attached hydrogens (tertiary/aromatic N) is 2. The molecule has 2 unspecified atom stereocenters. The van der Waals surface area contributed by atoms with Crippen LogP contribution in [0.15, 0.2) is 22.7 Å². The molecule has 1 aliphatic carbocycles. The lowest BCUT2D eigenvalue weighted by Crippen LogP contribution is -2.09. The Labute approximate surface area is 120 Å². The predicted octanol–water partition coefficient (Wildman–Crippen LogP) is 3.15. The van der Waals surface area contributed by atoms with E-state index in [0.29, 0.717) is 35.7 Å². The molecule has 6 heteroatoms. The fourth-order valence-corrected chi connectivity index (χ4v) is 2.73. The van der Waals surface area contributed by atoms with E-state index in [4.69, 9.17) is 9.63 Å². The summed E-state index contributed by atoms with van der Waals surface area (Å²) >= 11 is 0. The van der Waals surface area contributed by atoms with Crippen LogP contribution in [0.5, 0.6) is 0 Å². The molecule has 1 N–H and O–H groups in total. The molecule has 2 atom stereocenters. The van der Waals surface area contributed by atoms with Gasteiger partial charge in [0.05, 0.1) is 5.92 Å². The molecule has 0 amide bonds. The highest BCUT2D eigenvalue weighted by molar-refractivity contribution is 5.70. The van der Waals surface area contributed by atoms with Crippen molar-refractivity contribution >= 4 is 5.97 Å². The van der Waals surface area contributed by atoms with Gasteiger partial charge >= 0.3 is 5.97 Å². The summed E-state index contributed by atoms with van der Waals surface area (Å²) in [6.07, 6.45) is 1.90. The van der Waals surface area contributed by atoms with Gasteiger partial charge in [0, 0.05) is 11.5 Å². The van der Waals surface area contributed by atoms with Crippen LogP contribution in [0.3, 0.4) is 0 Å². The Morgan fingerprint density at radius 2 is 2.24 bits per heavy atom. The van der Waals surface area contributed by atoms with E-state index in [2.05, 4.69) is 10.1 Å². The number of aryl methyl sites for hydroxylation is 1. The Balaban J connectivity index is 1.80. The molecule has 1 aliphatic rings. The van der Waals surface area contributed by atoms with Gasteiger partial charge < -0.3 is 9.63 Å². The fraction of sp³-hybridized carbons (Fsp3) is 0.400. The highest BCUT2D eigenvalue weighted by atomic mass is 19.1. The summed E-state index contributed by atoms with van der Waals surface area (Å²) in [5.41, 5.74) is 1.21. The minimum atomic E-state index is -0.772. The highest BCUT2D eigenvalue weighted by Crippen LogP contribution is 2.38. The predicted molar refractivity (Wildman–Crippen MR) is 72.1 cm³/mol. The Morgan fingerprint density at radius 3 is 2.90 bits per heavy atom. The number of hydrogen-bond acceptors (Lipinski definition) is 4. The first-order chi connectivity index (χ1) is 10.0. The topological polar surface area (TPSA) is 76.2 Å². The molecule has 0 radical (unpaired) electrons. The number of rotatable bonds is 3. The quantitative estimate of drug-likeness (QED) is 0.939. The zero-order valence-electron chi connectivity index (χ0n) is 11.5. The van der Waals surface area contributed by atoms with Crippen molar-refractivity contribution in [3.8, 4) is 11.4 Å². The molecular weight excluding hydrogens is 275 g/mol. The second-order valence-corrected chi connectivity index (χ2v) is 5.47. The van der Waals surface area contributed by atoms with Gasteiger partial charge in [0.15, 0.2) is 0 Å². The lowest BCUT2D eigenvalue weighted by atomic mass is 10.1. The maximum absolute atomic E-state index is 13.3. The van der Waals surface area contributed by atoms with E-state index < -0.39 is 5.97 Å². The van der Waals surface area contributed by atoms with Crippen molar-refractivity contribution in [3.63, 3.8) is 0 Å². The molecule has 21 heavy (non-hydrogen) atoms. The number of benzene rings is 1. The van der Waals surface area contributed by atoms with Gasteiger partial charge in [0.2, 0.25) is 11.7 Å². The summed E-state index contributed by atoms with van der Waals surface area (Å²) in [5, 5.41) is 12.9. The zero-order valence-corrected chi connectivity index (χ0v) is 11.5. The van der Waals surface area contributed by atoms with Crippen molar-refractivity contribution in [3.05, 3.63) is 35.5 Å². The van der Waals surface area contributed by atoms with Crippen molar-refractivity contribution in [1.82, 2.24) is 10.1 Å². The van der Waals surface area contributed by atoms with Crippen LogP contribution >= 0.6 is 0 Å². The summed E-state index contributed by atoms with van der Waals surface area (Å²) in [7, 11) is 0. The van der Waals surface area contributed by atoms with Crippen molar-refractivity contribution in [2.45, 2.75) is 32.1 Å². The number of aromatic nitrogens is 2. The van der Waals surface area contributed by atoms with Crippen LogP contribution in [0, 0.1) is 18.7 Å². The molecule has 1 saturated carbocycles. The largest absolute Gasteiger partial charge is 0.481 e. The lowest BCUT2D eigenvalue weighted by Gasteiger charge is -2.02. The van der Waals surface area contributed by atoms with E-state index in [1.165, 1.54) is 6.07 Å². The van der Waals surface area contributed by atoms with Gasteiger partial charge in [-0.3, -0.25) is 4.79 Å². The molecule has 1 aromatic heterocycles. The SMILES string of the molecule is Cc1cc(-c2noc(C3CCC(C(=O)O)C3)n2)ccc1F. The van der Waals surface area contributed by atoms with E-state index in [-0.39, 0.29) is 17.7 Å². The van der Waals surface area contributed by atoms with Crippen LogP contribution in [-0.2, 0) is 4.79 Å². The summed E-state index contributed by atoms with van der Waals surface area (Å²) in [5.74, 6) is -0.510. The molecule has 5 nitrogen and oxygen atoms in total. The minimum absolute atomic E-state index is 0.00565. The standard InChI is InChI=1S/C15H15FN2O3/c1-8-6-9(4-5-12(8)16)13-17-14(21-18-13)10-2-3-11(7-10)15(19)20/h4-6,10-11H,2-3,7H2,1H3,(H,19,20). The number of halogens is 1. The third-order valence-electron chi connectivity index (χ3n) is 3.99. The molecule has 2 aromatic rings. The molecule has 0 bridgehead atoms. The third kappa shape index (κ3) is 2.66. The van der Waals surface area contributed by atoms with Crippen LogP contribution < -0.4 is 0 Å². The average Bonchev–Trinajstić information content (AvgIpc) is 3.09. The Hall–Kier alpha value is -2.24. The van der Waals surface area contributed by atoms with Crippen LogP contribution in [-0.4, -0.2) is 21.2 Å². The van der Waals surface area contributed by atoms with Crippen LogP contribution in [0.1, 0.15) is 36.6 Å². The van der Waals surface area contributed by atoms with E-state index in [1.54, 1.807) is 19.1 Å².